The zero-order chi connectivity index (χ0) is 14.5. The van der Waals surface area contributed by atoms with E-state index in [4.69, 9.17) is 4.74 Å². The molecule has 1 N–H and O–H groups in total. The first-order chi connectivity index (χ1) is 9.58. The minimum Gasteiger partial charge on any atom is -0.467 e. The van der Waals surface area contributed by atoms with Crippen LogP contribution in [0.15, 0.2) is 24.3 Å². The third kappa shape index (κ3) is 4.33. The number of halogens is 1. The molecule has 2 rings (SSSR count). The summed E-state index contributed by atoms with van der Waals surface area (Å²) in [6.45, 7) is 0. The molecule has 1 aliphatic rings. The lowest BCUT2D eigenvalue weighted by Gasteiger charge is -2.16. The highest BCUT2D eigenvalue weighted by atomic mass is 19.1. The van der Waals surface area contributed by atoms with Gasteiger partial charge in [0.25, 0.3) is 0 Å². The first kappa shape index (κ1) is 14.5. The zero-order valence-electron chi connectivity index (χ0n) is 11.4. The van der Waals surface area contributed by atoms with Crippen LogP contribution in [0.3, 0.4) is 0 Å². The maximum atomic E-state index is 12.8. The molecule has 1 fully saturated rings. The fourth-order valence-corrected chi connectivity index (χ4v) is 2.08. The molecule has 0 radical (unpaired) electrons. The standard InChI is InChI=1S/C15H18FNO3/c1-20-15(19)13(8-10-2-3-10)17-14(18)9-11-4-6-12(16)7-5-11/h4-7,10,13H,2-3,8-9H2,1H3,(H,17,18)/t13-/m0/s1. The molecule has 0 unspecified atom stereocenters. The van der Waals surface area contributed by atoms with Gasteiger partial charge in [-0.2, -0.15) is 0 Å². The molecule has 0 spiro atoms. The van der Waals surface area contributed by atoms with Crippen molar-refractivity contribution in [3.63, 3.8) is 0 Å². The van der Waals surface area contributed by atoms with Crippen LogP contribution < -0.4 is 5.32 Å². The monoisotopic (exact) mass is 279 g/mol. The number of esters is 1. The average molecular weight is 279 g/mol. The van der Waals surface area contributed by atoms with Crippen LogP contribution in [0, 0.1) is 11.7 Å². The van der Waals surface area contributed by atoms with Crippen molar-refractivity contribution >= 4 is 11.9 Å². The van der Waals surface area contributed by atoms with Crippen LogP contribution in [0.4, 0.5) is 4.39 Å². The van der Waals surface area contributed by atoms with Crippen molar-refractivity contribution in [2.24, 2.45) is 5.92 Å². The van der Waals surface area contributed by atoms with E-state index in [1.807, 2.05) is 0 Å². The minimum absolute atomic E-state index is 0.123. The number of hydrogen-bond acceptors (Lipinski definition) is 3. The van der Waals surface area contributed by atoms with E-state index in [-0.39, 0.29) is 18.1 Å². The number of carbonyl (C=O) groups excluding carboxylic acids is 2. The van der Waals surface area contributed by atoms with Crippen molar-refractivity contribution < 1.29 is 18.7 Å². The normalized spacial score (nSPS) is 15.5. The molecule has 0 bridgehead atoms. The number of carbonyl (C=O) groups is 2. The van der Waals surface area contributed by atoms with Crippen LogP contribution in [0.25, 0.3) is 0 Å². The molecule has 4 nitrogen and oxygen atoms in total. The van der Waals surface area contributed by atoms with E-state index in [0.717, 1.165) is 12.8 Å². The van der Waals surface area contributed by atoms with Gasteiger partial charge in [0.2, 0.25) is 5.91 Å². The second-order valence-corrected chi connectivity index (χ2v) is 5.13. The summed E-state index contributed by atoms with van der Waals surface area (Å²) in [4.78, 5) is 23.5. The van der Waals surface area contributed by atoms with Crippen molar-refractivity contribution in [2.45, 2.75) is 31.7 Å². The van der Waals surface area contributed by atoms with Gasteiger partial charge in [-0.05, 0) is 30.0 Å². The van der Waals surface area contributed by atoms with Crippen molar-refractivity contribution in [1.82, 2.24) is 5.32 Å². The van der Waals surface area contributed by atoms with E-state index < -0.39 is 12.0 Å². The molecular weight excluding hydrogens is 261 g/mol. The van der Waals surface area contributed by atoms with Gasteiger partial charge in [0.15, 0.2) is 0 Å². The van der Waals surface area contributed by atoms with Gasteiger partial charge in [-0.1, -0.05) is 25.0 Å². The van der Waals surface area contributed by atoms with Gasteiger partial charge >= 0.3 is 5.97 Å². The lowest BCUT2D eigenvalue weighted by Crippen LogP contribution is -2.42. The predicted octanol–water partition coefficient (Wildman–Crippen LogP) is 1.83. The number of amides is 1. The maximum Gasteiger partial charge on any atom is 0.328 e. The van der Waals surface area contributed by atoms with Crippen LogP contribution in [0.5, 0.6) is 0 Å². The second-order valence-electron chi connectivity index (χ2n) is 5.13. The summed E-state index contributed by atoms with van der Waals surface area (Å²) < 4.78 is 17.5. The van der Waals surface area contributed by atoms with Crippen LogP contribution in [-0.2, 0) is 20.7 Å². The SMILES string of the molecule is COC(=O)[C@H](CC1CC1)NC(=O)Cc1ccc(F)cc1. The lowest BCUT2D eigenvalue weighted by atomic mass is 10.1. The number of ether oxygens (including phenoxy) is 1. The molecule has 1 aromatic rings. The molecule has 0 saturated heterocycles. The van der Waals surface area contributed by atoms with E-state index in [2.05, 4.69) is 5.32 Å². The van der Waals surface area contributed by atoms with E-state index >= 15 is 0 Å². The molecule has 1 saturated carbocycles. The third-order valence-electron chi connectivity index (χ3n) is 3.36. The fourth-order valence-electron chi connectivity index (χ4n) is 2.08. The average Bonchev–Trinajstić information content (AvgIpc) is 3.23. The highest BCUT2D eigenvalue weighted by molar-refractivity contribution is 5.85. The third-order valence-corrected chi connectivity index (χ3v) is 3.36. The topological polar surface area (TPSA) is 55.4 Å². The molecule has 1 atom stereocenters. The fraction of sp³-hybridized carbons (Fsp3) is 0.467. The van der Waals surface area contributed by atoms with E-state index in [9.17, 15) is 14.0 Å². The summed E-state index contributed by atoms with van der Waals surface area (Å²) in [7, 11) is 1.31. The molecular formula is C15H18FNO3. The maximum absolute atomic E-state index is 12.8. The Morgan fingerprint density at radius 1 is 1.35 bits per heavy atom. The summed E-state index contributed by atoms with van der Waals surface area (Å²) in [5, 5.41) is 2.69. The Hall–Kier alpha value is -1.91. The first-order valence-corrected chi connectivity index (χ1v) is 6.70. The Labute approximate surface area is 117 Å². The molecule has 108 valence electrons. The summed E-state index contributed by atoms with van der Waals surface area (Å²) in [5.41, 5.74) is 0.707. The minimum atomic E-state index is -0.583. The van der Waals surface area contributed by atoms with Crippen molar-refractivity contribution in [3.8, 4) is 0 Å². The smallest absolute Gasteiger partial charge is 0.328 e. The summed E-state index contributed by atoms with van der Waals surface area (Å²) in [6.07, 6.45) is 2.95. The number of benzene rings is 1. The van der Waals surface area contributed by atoms with Crippen LogP contribution in [0.2, 0.25) is 0 Å². The molecule has 0 heterocycles. The van der Waals surface area contributed by atoms with Gasteiger partial charge in [0, 0.05) is 0 Å². The van der Waals surface area contributed by atoms with Crippen molar-refractivity contribution in [1.29, 1.82) is 0 Å². The highest BCUT2D eigenvalue weighted by Gasteiger charge is 2.30. The molecule has 0 aliphatic heterocycles. The zero-order valence-corrected chi connectivity index (χ0v) is 11.4. The molecule has 1 amide bonds. The van der Waals surface area contributed by atoms with Gasteiger partial charge in [-0.3, -0.25) is 4.79 Å². The second kappa shape index (κ2) is 6.50. The Morgan fingerprint density at radius 2 is 2.00 bits per heavy atom. The van der Waals surface area contributed by atoms with E-state index in [1.54, 1.807) is 12.1 Å². The lowest BCUT2D eigenvalue weighted by molar-refractivity contribution is -0.145. The summed E-state index contributed by atoms with van der Waals surface area (Å²) in [5.74, 6) is -0.502. The molecule has 1 aliphatic carbocycles. The van der Waals surface area contributed by atoms with Crippen LogP contribution >= 0.6 is 0 Å². The highest BCUT2D eigenvalue weighted by Crippen LogP contribution is 2.33. The first-order valence-electron chi connectivity index (χ1n) is 6.70. The number of nitrogens with one attached hydrogen (secondary N) is 1. The van der Waals surface area contributed by atoms with E-state index in [0.29, 0.717) is 17.9 Å². The quantitative estimate of drug-likeness (QED) is 0.808. The summed E-state index contributed by atoms with van der Waals surface area (Å²) >= 11 is 0. The van der Waals surface area contributed by atoms with Gasteiger partial charge in [-0.15, -0.1) is 0 Å². The Kier molecular flexibility index (Phi) is 4.71. The van der Waals surface area contributed by atoms with E-state index in [1.165, 1.54) is 19.2 Å². The Morgan fingerprint density at radius 3 is 2.55 bits per heavy atom. The van der Waals surface area contributed by atoms with Crippen molar-refractivity contribution in [2.75, 3.05) is 7.11 Å². The van der Waals surface area contributed by atoms with Crippen molar-refractivity contribution in [3.05, 3.63) is 35.6 Å². The van der Waals surface area contributed by atoms with Gasteiger partial charge in [0.1, 0.15) is 11.9 Å². The van der Waals surface area contributed by atoms with Gasteiger partial charge in [0.05, 0.1) is 13.5 Å². The molecule has 1 aromatic carbocycles. The number of rotatable bonds is 6. The predicted molar refractivity (Wildman–Crippen MR) is 71.4 cm³/mol. The molecule has 5 heteroatoms. The summed E-state index contributed by atoms with van der Waals surface area (Å²) in [6, 6.07) is 5.15. The van der Waals surface area contributed by atoms with Crippen LogP contribution in [0.1, 0.15) is 24.8 Å². The largest absolute Gasteiger partial charge is 0.467 e. The van der Waals surface area contributed by atoms with Gasteiger partial charge < -0.3 is 10.1 Å². The molecule has 20 heavy (non-hydrogen) atoms. The Balaban J connectivity index is 1.89. The van der Waals surface area contributed by atoms with Gasteiger partial charge in [-0.25, -0.2) is 9.18 Å². The number of hydrogen-bond donors (Lipinski definition) is 1. The Bertz CT molecular complexity index is 482. The van der Waals surface area contributed by atoms with Crippen LogP contribution in [-0.4, -0.2) is 25.0 Å². The number of methoxy groups -OCH3 is 1. The molecule has 0 aromatic heterocycles.